The number of nitriles is 1. The van der Waals surface area contributed by atoms with E-state index in [-0.39, 0.29) is 23.3 Å². The van der Waals surface area contributed by atoms with Crippen molar-refractivity contribution >= 4 is 22.4 Å². The monoisotopic (exact) mass is 456 g/mol. The molecule has 0 bridgehead atoms. The van der Waals surface area contributed by atoms with Gasteiger partial charge in [0.25, 0.3) is 5.56 Å². The lowest BCUT2D eigenvalue weighted by Crippen LogP contribution is -2.48. The number of fused-ring (bicyclic) bond motifs is 1. The maximum Gasteiger partial charge on any atom is 0.416 e. The molecular formula is C23H23F3N6O. The molecule has 3 heterocycles. The van der Waals surface area contributed by atoms with E-state index >= 15 is 0 Å². The molecule has 2 N–H and O–H groups in total. The van der Waals surface area contributed by atoms with E-state index in [0.29, 0.717) is 22.6 Å². The number of alkyl halides is 3. The van der Waals surface area contributed by atoms with Crippen molar-refractivity contribution in [3.05, 3.63) is 52.4 Å². The maximum atomic E-state index is 12.9. The second-order valence-corrected chi connectivity index (χ2v) is 8.72. The summed E-state index contributed by atoms with van der Waals surface area (Å²) in [5.41, 5.74) is -0.120. The molecule has 7 nitrogen and oxygen atoms in total. The number of pyridine rings is 1. The van der Waals surface area contributed by atoms with Gasteiger partial charge in [-0.1, -0.05) is 0 Å². The number of hydrogen-bond donors (Lipinski definition) is 2. The fourth-order valence-corrected chi connectivity index (χ4v) is 4.92. The van der Waals surface area contributed by atoms with Crippen LogP contribution in [0.2, 0.25) is 0 Å². The van der Waals surface area contributed by atoms with Crippen LogP contribution < -0.4 is 10.9 Å². The summed E-state index contributed by atoms with van der Waals surface area (Å²) in [6.07, 6.45) is 0.789. The van der Waals surface area contributed by atoms with Crippen LogP contribution in [0.25, 0.3) is 10.9 Å². The number of aromatic nitrogens is 3. The minimum absolute atomic E-state index is 0.181. The zero-order chi connectivity index (χ0) is 23.2. The van der Waals surface area contributed by atoms with Gasteiger partial charge in [-0.25, -0.2) is 0 Å². The molecule has 1 aromatic carbocycles. The van der Waals surface area contributed by atoms with Crippen LogP contribution in [0.4, 0.5) is 24.7 Å². The number of nitrogens with one attached hydrogen (secondary N) is 2. The molecule has 1 saturated heterocycles. The molecule has 172 valence electrons. The quantitative estimate of drug-likeness (QED) is 0.607. The number of halogens is 3. The first-order chi connectivity index (χ1) is 15.8. The number of aromatic amines is 1. The van der Waals surface area contributed by atoms with Crippen molar-refractivity contribution in [1.29, 1.82) is 5.26 Å². The van der Waals surface area contributed by atoms with E-state index in [4.69, 9.17) is 0 Å². The van der Waals surface area contributed by atoms with Crippen molar-refractivity contribution in [2.45, 2.75) is 43.9 Å². The number of H-pyrrole nitrogens is 1. The lowest BCUT2D eigenvalue weighted by atomic mass is 9.81. The largest absolute Gasteiger partial charge is 0.416 e. The van der Waals surface area contributed by atoms with Crippen LogP contribution in [-0.2, 0) is 6.18 Å². The summed E-state index contributed by atoms with van der Waals surface area (Å²) < 4.78 is 40.4. The highest BCUT2D eigenvalue weighted by Gasteiger charge is 2.37. The normalized spacial score (nSPS) is 23.8. The van der Waals surface area contributed by atoms with E-state index < -0.39 is 11.7 Å². The van der Waals surface area contributed by atoms with Gasteiger partial charge in [0, 0.05) is 17.9 Å². The number of nitrogens with zero attached hydrogens (tertiary/aromatic N) is 4. The second kappa shape index (κ2) is 8.23. The van der Waals surface area contributed by atoms with Gasteiger partial charge in [0.2, 0.25) is 0 Å². The van der Waals surface area contributed by atoms with Crippen LogP contribution in [0.1, 0.15) is 37.3 Å². The molecule has 1 aliphatic heterocycles. The molecular weight excluding hydrogens is 433 g/mol. The Labute approximate surface area is 187 Å². The van der Waals surface area contributed by atoms with Crippen LogP contribution >= 0.6 is 0 Å². The number of likely N-dealkylation sites (tertiary alicyclic amines) is 1. The molecule has 3 aromatic rings. The Morgan fingerprint density at radius 3 is 2.55 bits per heavy atom. The van der Waals surface area contributed by atoms with Crippen LogP contribution in [0, 0.1) is 17.2 Å². The van der Waals surface area contributed by atoms with Gasteiger partial charge in [0.05, 0.1) is 29.1 Å². The summed E-state index contributed by atoms with van der Waals surface area (Å²) in [6.45, 7) is 2.16. The Hall–Kier alpha value is -3.32. The van der Waals surface area contributed by atoms with Gasteiger partial charge >= 0.3 is 6.18 Å². The first-order valence-corrected chi connectivity index (χ1v) is 11.0. The van der Waals surface area contributed by atoms with Gasteiger partial charge in [-0.05, 0) is 69.1 Å². The molecule has 10 heteroatoms. The standard InChI is InChI=1S/C23H23F3N6O/c24-23(25,26)15-2-4-16(5-3-15)29-21-20-19(8-9-28-22(20)33)32(30-21)18-7-6-17(12-14(18)13-27)31-10-1-11-31/h2-5,8-9,14,17-18H,1,6-7,10-12H2,(H,28,33)(H,29,30). The van der Waals surface area contributed by atoms with Gasteiger partial charge in [-0.15, -0.1) is 0 Å². The first-order valence-electron chi connectivity index (χ1n) is 11.0. The summed E-state index contributed by atoms with van der Waals surface area (Å²) in [6, 6.07) is 8.98. The SMILES string of the molecule is N#CC1CC(N2CCC2)CCC1n1nc(Nc2ccc(C(F)(F)F)cc2)c2c(=O)[nH]ccc21. The Morgan fingerprint density at radius 2 is 1.91 bits per heavy atom. The van der Waals surface area contributed by atoms with Crippen molar-refractivity contribution in [3.8, 4) is 6.07 Å². The molecule has 2 aromatic heterocycles. The molecule has 3 atom stereocenters. The molecule has 2 fully saturated rings. The number of benzene rings is 1. The van der Waals surface area contributed by atoms with Gasteiger partial charge < -0.3 is 15.2 Å². The third-order valence-corrected chi connectivity index (χ3v) is 6.78. The topological polar surface area (TPSA) is 89.7 Å². The molecule has 0 spiro atoms. The fraction of sp³-hybridized carbons (Fsp3) is 0.435. The lowest BCUT2D eigenvalue weighted by Gasteiger charge is -2.43. The van der Waals surface area contributed by atoms with E-state index in [2.05, 4.69) is 26.4 Å². The Kier molecular flexibility index (Phi) is 5.37. The van der Waals surface area contributed by atoms with Crippen LogP contribution in [-0.4, -0.2) is 38.8 Å². The molecule has 33 heavy (non-hydrogen) atoms. The highest BCUT2D eigenvalue weighted by atomic mass is 19.4. The summed E-state index contributed by atoms with van der Waals surface area (Å²) in [5.74, 6) is 0.0128. The molecule has 1 aliphatic carbocycles. The number of hydrogen-bond acceptors (Lipinski definition) is 5. The van der Waals surface area contributed by atoms with Crippen molar-refractivity contribution in [3.63, 3.8) is 0 Å². The number of anilines is 2. The summed E-state index contributed by atoms with van der Waals surface area (Å²) in [4.78, 5) is 17.7. The van der Waals surface area contributed by atoms with Crippen molar-refractivity contribution in [1.82, 2.24) is 19.7 Å². The van der Waals surface area contributed by atoms with E-state index in [0.717, 1.165) is 44.5 Å². The van der Waals surface area contributed by atoms with Crippen molar-refractivity contribution < 1.29 is 13.2 Å². The first kappa shape index (κ1) is 21.5. The summed E-state index contributed by atoms with van der Waals surface area (Å²) in [7, 11) is 0. The zero-order valence-electron chi connectivity index (χ0n) is 17.8. The Balaban J connectivity index is 1.48. The second-order valence-electron chi connectivity index (χ2n) is 8.72. The third kappa shape index (κ3) is 3.97. The van der Waals surface area contributed by atoms with Crippen molar-refractivity contribution in [2.75, 3.05) is 18.4 Å². The van der Waals surface area contributed by atoms with Gasteiger partial charge in [-0.3, -0.25) is 9.48 Å². The predicted octanol–water partition coefficient (Wildman–Crippen LogP) is 4.43. The molecule has 5 rings (SSSR count). The maximum absolute atomic E-state index is 12.9. The zero-order valence-corrected chi connectivity index (χ0v) is 17.8. The molecule has 3 unspecified atom stereocenters. The Bertz CT molecular complexity index is 1250. The molecule has 0 radical (unpaired) electrons. The summed E-state index contributed by atoms with van der Waals surface area (Å²) in [5, 5.41) is 17.8. The smallest absolute Gasteiger partial charge is 0.338 e. The highest BCUT2D eigenvalue weighted by Crippen LogP contribution is 2.39. The van der Waals surface area contributed by atoms with Crippen LogP contribution in [0.5, 0.6) is 0 Å². The summed E-state index contributed by atoms with van der Waals surface area (Å²) >= 11 is 0. The minimum atomic E-state index is -4.43. The van der Waals surface area contributed by atoms with Gasteiger partial charge in [0.1, 0.15) is 5.39 Å². The van der Waals surface area contributed by atoms with E-state index in [1.165, 1.54) is 24.8 Å². The van der Waals surface area contributed by atoms with E-state index in [9.17, 15) is 23.2 Å². The third-order valence-electron chi connectivity index (χ3n) is 6.78. The average Bonchev–Trinajstić information content (AvgIpc) is 3.11. The van der Waals surface area contributed by atoms with Crippen molar-refractivity contribution in [2.24, 2.45) is 5.92 Å². The van der Waals surface area contributed by atoms with E-state index in [1.54, 1.807) is 10.7 Å². The Morgan fingerprint density at radius 1 is 1.15 bits per heavy atom. The van der Waals surface area contributed by atoms with Gasteiger partial charge in [0.15, 0.2) is 5.82 Å². The number of rotatable bonds is 4. The molecule has 0 amide bonds. The minimum Gasteiger partial charge on any atom is -0.338 e. The molecule has 2 aliphatic rings. The predicted molar refractivity (Wildman–Crippen MR) is 117 cm³/mol. The fourth-order valence-electron chi connectivity index (χ4n) is 4.92. The van der Waals surface area contributed by atoms with Crippen LogP contribution in [0.15, 0.2) is 41.3 Å². The molecule has 1 saturated carbocycles. The average molecular weight is 456 g/mol. The van der Waals surface area contributed by atoms with E-state index in [1.807, 2.05) is 0 Å². The lowest BCUT2D eigenvalue weighted by molar-refractivity contribution is -0.137. The van der Waals surface area contributed by atoms with Crippen LogP contribution in [0.3, 0.4) is 0 Å². The van der Waals surface area contributed by atoms with Gasteiger partial charge in [-0.2, -0.15) is 23.5 Å². The highest BCUT2D eigenvalue weighted by molar-refractivity contribution is 5.91.